The average molecular weight is 422 g/mol. The van der Waals surface area contributed by atoms with Crippen LogP contribution in [0.15, 0.2) is 30.3 Å². The fourth-order valence-electron chi connectivity index (χ4n) is 3.56. The molecular formula is C22H26N6O3. The standard InChI is InChI=1S/C22H26N6O3/c1-13-9-10-28(12-13)22(31)15-5-7-16(8-6-15)24-17-11-18(25-20(29)14-3-4-14)26-27-19(17)21(30)23-2/h5-8,11,13-14H,3-4,9-10,12H2,1-2H3,(H,23,30)(H2,24,25,26,29). The molecule has 0 radical (unpaired) electrons. The summed E-state index contributed by atoms with van der Waals surface area (Å²) in [5, 5.41) is 16.4. The Hall–Kier alpha value is -3.49. The van der Waals surface area contributed by atoms with Crippen molar-refractivity contribution in [2.45, 2.75) is 26.2 Å². The van der Waals surface area contributed by atoms with Crippen molar-refractivity contribution in [1.29, 1.82) is 0 Å². The molecular weight excluding hydrogens is 396 g/mol. The Labute approximate surface area is 180 Å². The topological polar surface area (TPSA) is 116 Å². The molecule has 3 amide bonds. The van der Waals surface area contributed by atoms with E-state index in [0.717, 1.165) is 32.4 Å². The number of nitrogens with zero attached hydrogens (tertiary/aromatic N) is 3. The predicted octanol–water partition coefficient (Wildman–Crippen LogP) is 2.41. The van der Waals surface area contributed by atoms with Gasteiger partial charge in [0.05, 0.1) is 5.69 Å². The molecule has 31 heavy (non-hydrogen) atoms. The second-order valence-corrected chi connectivity index (χ2v) is 8.18. The van der Waals surface area contributed by atoms with Crippen molar-refractivity contribution in [3.05, 3.63) is 41.6 Å². The summed E-state index contributed by atoms with van der Waals surface area (Å²) in [5.41, 5.74) is 1.83. The third-order valence-electron chi connectivity index (χ3n) is 5.56. The maximum Gasteiger partial charge on any atom is 0.273 e. The van der Waals surface area contributed by atoms with Gasteiger partial charge in [-0.15, -0.1) is 10.2 Å². The van der Waals surface area contributed by atoms with Crippen LogP contribution in [0.1, 0.15) is 47.0 Å². The average Bonchev–Trinajstić information content (AvgIpc) is 3.54. The van der Waals surface area contributed by atoms with Gasteiger partial charge in [0.2, 0.25) is 5.91 Å². The van der Waals surface area contributed by atoms with Crippen LogP contribution >= 0.6 is 0 Å². The molecule has 1 atom stereocenters. The van der Waals surface area contributed by atoms with E-state index in [-0.39, 0.29) is 29.2 Å². The number of rotatable bonds is 6. The summed E-state index contributed by atoms with van der Waals surface area (Å²) < 4.78 is 0. The van der Waals surface area contributed by atoms with Crippen LogP contribution in [-0.4, -0.2) is 53.0 Å². The molecule has 2 aromatic rings. The molecule has 2 fully saturated rings. The number of aromatic nitrogens is 2. The van der Waals surface area contributed by atoms with E-state index in [9.17, 15) is 14.4 Å². The summed E-state index contributed by atoms with van der Waals surface area (Å²) in [6.45, 7) is 3.72. The number of amides is 3. The second kappa shape index (κ2) is 8.71. The number of anilines is 3. The lowest BCUT2D eigenvalue weighted by Crippen LogP contribution is -2.28. The highest BCUT2D eigenvalue weighted by Gasteiger charge is 2.30. The van der Waals surface area contributed by atoms with Gasteiger partial charge in [-0.05, 0) is 49.4 Å². The molecule has 0 spiro atoms. The van der Waals surface area contributed by atoms with E-state index in [4.69, 9.17) is 0 Å². The minimum Gasteiger partial charge on any atom is -0.354 e. The molecule has 9 heteroatoms. The first-order valence-corrected chi connectivity index (χ1v) is 10.5. The Balaban J connectivity index is 1.51. The van der Waals surface area contributed by atoms with Gasteiger partial charge in [-0.25, -0.2) is 0 Å². The fourth-order valence-corrected chi connectivity index (χ4v) is 3.56. The van der Waals surface area contributed by atoms with Crippen molar-refractivity contribution in [3.63, 3.8) is 0 Å². The van der Waals surface area contributed by atoms with Crippen molar-refractivity contribution in [3.8, 4) is 0 Å². The molecule has 162 valence electrons. The molecule has 4 rings (SSSR count). The zero-order valence-corrected chi connectivity index (χ0v) is 17.6. The normalized spacial score (nSPS) is 17.9. The molecule has 3 N–H and O–H groups in total. The molecule has 1 unspecified atom stereocenters. The lowest BCUT2D eigenvalue weighted by Gasteiger charge is -2.16. The van der Waals surface area contributed by atoms with Crippen LogP contribution in [0.3, 0.4) is 0 Å². The van der Waals surface area contributed by atoms with Gasteiger partial charge in [-0.3, -0.25) is 14.4 Å². The van der Waals surface area contributed by atoms with Gasteiger partial charge in [0.25, 0.3) is 11.8 Å². The van der Waals surface area contributed by atoms with Gasteiger partial charge >= 0.3 is 0 Å². The first-order chi connectivity index (χ1) is 14.9. The number of hydrogen-bond acceptors (Lipinski definition) is 6. The van der Waals surface area contributed by atoms with Crippen LogP contribution in [-0.2, 0) is 4.79 Å². The minimum absolute atomic E-state index is 0.0256. The molecule has 1 saturated carbocycles. The molecule has 1 aliphatic heterocycles. The monoisotopic (exact) mass is 422 g/mol. The van der Waals surface area contributed by atoms with Crippen molar-refractivity contribution < 1.29 is 14.4 Å². The minimum atomic E-state index is -0.398. The molecule has 0 bridgehead atoms. The Bertz CT molecular complexity index is 1000. The van der Waals surface area contributed by atoms with Gasteiger partial charge in [0.1, 0.15) is 0 Å². The van der Waals surface area contributed by atoms with Gasteiger partial charge in [0.15, 0.2) is 11.5 Å². The molecule has 2 heterocycles. The Morgan fingerprint density at radius 1 is 1.06 bits per heavy atom. The van der Waals surface area contributed by atoms with Gasteiger partial charge in [-0.2, -0.15) is 0 Å². The molecule has 1 aromatic heterocycles. The highest BCUT2D eigenvalue weighted by Crippen LogP contribution is 2.30. The molecule has 1 saturated heterocycles. The SMILES string of the molecule is CNC(=O)c1nnc(NC(=O)C2CC2)cc1Nc1ccc(C(=O)N2CCC(C)C2)cc1. The van der Waals surface area contributed by atoms with Crippen LogP contribution in [0.4, 0.5) is 17.2 Å². The third kappa shape index (κ3) is 4.82. The van der Waals surface area contributed by atoms with E-state index in [2.05, 4.69) is 33.1 Å². The molecule has 1 aliphatic carbocycles. The summed E-state index contributed by atoms with van der Waals surface area (Å²) in [7, 11) is 1.51. The van der Waals surface area contributed by atoms with E-state index in [1.54, 1.807) is 30.3 Å². The van der Waals surface area contributed by atoms with E-state index in [1.807, 2.05) is 4.90 Å². The molecule has 9 nitrogen and oxygen atoms in total. The van der Waals surface area contributed by atoms with Crippen molar-refractivity contribution >= 4 is 34.9 Å². The molecule has 2 aliphatic rings. The highest BCUT2D eigenvalue weighted by molar-refractivity contribution is 6.00. The lowest BCUT2D eigenvalue weighted by atomic mass is 10.1. The fraction of sp³-hybridized carbons (Fsp3) is 0.409. The zero-order valence-electron chi connectivity index (χ0n) is 17.6. The van der Waals surface area contributed by atoms with Crippen LogP contribution in [0.2, 0.25) is 0 Å². The zero-order chi connectivity index (χ0) is 22.0. The Morgan fingerprint density at radius 2 is 1.81 bits per heavy atom. The Kier molecular flexibility index (Phi) is 5.83. The largest absolute Gasteiger partial charge is 0.354 e. The van der Waals surface area contributed by atoms with E-state index >= 15 is 0 Å². The van der Waals surface area contributed by atoms with Gasteiger partial charge < -0.3 is 20.9 Å². The summed E-state index contributed by atoms with van der Waals surface area (Å²) in [6, 6.07) is 8.67. The van der Waals surface area contributed by atoms with E-state index in [0.29, 0.717) is 22.9 Å². The summed E-state index contributed by atoms with van der Waals surface area (Å²) in [6.07, 6.45) is 2.78. The third-order valence-corrected chi connectivity index (χ3v) is 5.56. The highest BCUT2D eigenvalue weighted by atomic mass is 16.2. The first-order valence-electron chi connectivity index (χ1n) is 10.5. The van der Waals surface area contributed by atoms with E-state index in [1.165, 1.54) is 7.05 Å². The predicted molar refractivity (Wildman–Crippen MR) is 116 cm³/mol. The maximum atomic E-state index is 12.6. The second-order valence-electron chi connectivity index (χ2n) is 8.18. The quantitative estimate of drug-likeness (QED) is 0.658. The van der Waals surface area contributed by atoms with Crippen molar-refractivity contribution in [2.24, 2.45) is 11.8 Å². The lowest BCUT2D eigenvalue weighted by molar-refractivity contribution is -0.117. The first kappa shape index (κ1) is 20.8. The molecule has 1 aromatic carbocycles. The number of benzene rings is 1. The van der Waals surface area contributed by atoms with Gasteiger partial charge in [-0.1, -0.05) is 6.92 Å². The van der Waals surface area contributed by atoms with E-state index < -0.39 is 5.91 Å². The summed E-state index contributed by atoms with van der Waals surface area (Å²) in [5.74, 6) is 0.374. The van der Waals surface area contributed by atoms with Crippen LogP contribution in [0.5, 0.6) is 0 Å². The summed E-state index contributed by atoms with van der Waals surface area (Å²) >= 11 is 0. The smallest absolute Gasteiger partial charge is 0.273 e. The van der Waals surface area contributed by atoms with Gasteiger partial charge in [0, 0.05) is 43.4 Å². The van der Waals surface area contributed by atoms with Crippen molar-refractivity contribution in [1.82, 2.24) is 20.4 Å². The Morgan fingerprint density at radius 3 is 2.42 bits per heavy atom. The summed E-state index contributed by atoms with van der Waals surface area (Å²) in [4.78, 5) is 38.8. The van der Waals surface area contributed by atoms with Crippen LogP contribution < -0.4 is 16.0 Å². The number of likely N-dealkylation sites (tertiary alicyclic amines) is 1. The maximum absolute atomic E-state index is 12.6. The van der Waals surface area contributed by atoms with Crippen molar-refractivity contribution in [2.75, 3.05) is 30.8 Å². The number of carbonyl (C=O) groups is 3. The number of hydrogen-bond donors (Lipinski definition) is 3. The number of carbonyl (C=O) groups excluding carboxylic acids is 3. The van der Waals surface area contributed by atoms with Crippen LogP contribution in [0.25, 0.3) is 0 Å². The van der Waals surface area contributed by atoms with Crippen LogP contribution in [0, 0.1) is 11.8 Å². The number of nitrogens with one attached hydrogen (secondary N) is 3.